The second kappa shape index (κ2) is 6.36. The summed E-state index contributed by atoms with van der Waals surface area (Å²) in [5, 5.41) is 13.8. The Balaban J connectivity index is 2.11. The molecule has 20 heavy (non-hydrogen) atoms. The van der Waals surface area contributed by atoms with Crippen molar-refractivity contribution in [1.82, 2.24) is 4.98 Å². The van der Waals surface area contributed by atoms with Gasteiger partial charge in [0.05, 0.1) is 11.5 Å². The lowest BCUT2D eigenvalue weighted by atomic mass is 9.85. The smallest absolute Gasteiger partial charge is 0.331 e. The number of nitrogens with one attached hydrogen (secondary N) is 1. The van der Waals surface area contributed by atoms with Crippen LogP contribution in [0.4, 0.5) is 11.5 Å². The van der Waals surface area contributed by atoms with E-state index in [2.05, 4.69) is 29.4 Å². The van der Waals surface area contributed by atoms with E-state index < -0.39 is 4.92 Å². The first-order chi connectivity index (χ1) is 9.61. The highest BCUT2D eigenvalue weighted by Gasteiger charge is 2.22. The molecule has 0 saturated heterocycles. The van der Waals surface area contributed by atoms with Crippen LogP contribution in [-0.2, 0) is 0 Å². The molecule has 0 aliphatic heterocycles. The highest BCUT2D eigenvalue weighted by atomic mass is 16.6. The first-order valence-electron chi connectivity index (χ1n) is 6.72. The molecule has 108 valence electrons. The maximum Gasteiger partial charge on any atom is 0.331 e. The molecule has 2 rings (SSSR count). The molecule has 0 radical (unpaired) electrons. The molecule has 1 aromatic heterocycles. The molecule has 2 atom stereocenters. The Kier molecular flexibility index (Phi) is 4.55. The molecule has 0 saturated carbocycles. The van der Waals surface area contributed by atoms with Crippen LogP contribution < -0.4 is 10.1 Å². The first-order valence-corrected chi connectivity index (χ1v) is 6.72. The molecular formula is C14H19N3O3. The van der Waals surface area contributed by atoms with Gasteiger partial charge in [-0.2, -0.15) is 4.98 Å². The Morgan fingerprint density at radius 1 is 1.45 bits per heavy atom. The Hall–Kier alpha value is -2.11. The molecular weight excluding hydrogens is 258 g/mol. The van der Waals surface area contributed by atoms with E-state index in [-0.39, 0.29) is 11.6 Å². The number of hydrogen-bond acceptors (Lipinski definition) is 5. The molecule has 0 amide bonds. The fourth-order valence-corrected chi connectivity index (χ4v) is 2.24. The van der Waals surface area contributed by atoms with Crippen molar-refractivity contribution in [3.63, 3.8) is 0 Å². The van der Waals surface area contributed by atoms with Crippen LogP contribution in [-0.4, -0.2) is 23.6 Å². The highest BCUT2D eigenvalue weighted by Crippen LogP contribution is 2.29. The van der Waals surface area contributed by atoms with Crippen molar-refractivity contribution < 1.29 is 9.66 Å². The standard InChI is InChI=1S/C14H19N3O3/c1-10-5-3-4-6-11(10)9-20-14-12(17(18)19)7-8-13(15-2)16-14/h3-4,7-8,10-11H,5-6,9H2,1-2H3,(H,15,16). The third-order valence-electron chi connectivity index (χ3n) is 3.65. The lowest BCUT2D eigenvalue weighted by molar-refractivity contribution is -0.386. The van der Waals surface area contributed by atoms with E-state index in [1.807, 2.05) is 0 Å². The van der Waals surface area contributed by atoms with Crippen molar-refractivity contribution in [2.24, 2.45) is 11.8 Å². The summed E-state index contributed by atoms with van der Waals surface area (Å²) in [6, 6.07) is 2.98. The third-order valence-corrected chi connectivity index (χ3v) is 3.65. The maximum atomic E-state index is 11.0. The summed E-state index contributed by atoms with van der Waals surface area (Å²) in [6.07, 6.45) is 6.28. The second-order valence-corrected chi connectivity index (χ2v) is 5.02. The van der Waals surface area contributed by atoms with Crippen molar-refractivity contribution >= 4 is 11.5 Å². The summed E-state index contributed by atoms with van der Waals surface area (Å²) in [7, 11) is 1.71. The second-order valence-electron chi connectivity index (χ2n) is 5.02. The predicted molar refractivity (Wildman–Crippen MR) is 77.0 cm³/mol. The average molecular weight is 277 g/mol. The van der Waals surface area contributed by atoms with Gasteiger partial charge >= 0.3 is 5.69 Å². The SMILES string of the molecule is CNc1ccc([N+](=O)[O-])c(OCC2CC=CCC2C)n1. The Morgan fingerprint density at radius 2 is 2.20 bits per heavy atom. The van der Waals surface area contributed by atoms with Gasteiger partial charge in [-0.1, -0.05) is 19.1 Å². The molecule has 2 unspecified atom stereocenters. The number of aromatic nitrogens is 1. The molecule has 1 aliphatic carbocycles. The zero-order valence-electron chi connectivity index (χ0n) is 11.7. The molecule has 0 bridgehead atoms. The molecule has 6 heteroatoms. The van der Waals surface area contributed by atoms with Crippen LogP contribution in [0.1, 0.15) is 19.8 Å². The van der Waals surface area contributed by atoms with Gasteiger partial charge < -0.3 is 10.1 Å². The van der Waals surface area contributed by atoms with E-state index in [9.17, 15) is 10.1 Å². The molecule has 1 aliphatic rings. The van der Waals surface area contributed by atoms with Crippen LogP contribution in [0.2, 0.25) is 0 Å². The van der Waals surface area contributed by atoms with Gasteiger partial charge in [0.25, 0.3) is 5.88 Å². The van der Waals surface area contributed by atoms with Crippen molar-refractivity contribution in [1.29, 1.82) is 0 Å². The first kappa shape index (κ1) is 14.3. The number of nitro groups is 1. The third kappa shape index (κ3) is 3.26. The number of pyridine rings is 1. The summed E-state index contributed by atoms with van der Waals surface area (Å²) in [6.45, 7) is 2.62. The van der Waals surface area contributed by atoms with Gasteiger partial charge in [-0.15, -0.1) is 0 Å². The molecule has 0 spiro atoms. The molecule has 0 aromatic carbocycles. The fourth-order valence-electron chi connectivity index (χ4n) is 2.24. The van der Waals surface area contributed by atoms with Gasteiger partial charge in [-0.25, -0.2) is 0 Å². The average Bonchev–Trinajstić information content (AvgIpc) is 2.46. The Labute approximate surface area is 118 Å². The van der Waals surface area contributed by atoms with Crippen molar-refractivity contribution in [2.75, 3.05) is 19.0 Å². The van der Waals surface area contributed by atoms with Crippen LogP contribution in [0, 0.1) is 22.0 Å². The minimum Gasteiger partial charge on any atom is -0.472 e. The summed E-state index contributed by atoms with van der Waals surface area (Å²) >= 11 is 0. The van der Waals surface area contributed by atoms with Crippen LogP contribution >= 0.6 is 0 Å². The lowest BCUT2D eigenvalue weighted by Crippen LogP contribution is -2.21. The van der Waals surface area contributed by atoms with Crippen molar-refractivity contribution in [3.8, 4) is 5.88 Å². The predicted octanol–water partition coefficient (Wildman–Crippen LogP) is 3.01. The van der Waals surface area contributed by atoms with Crippen LogP contribution in [0.5, 0.6) is 5.88 Å². The van der Waals surface area contributed by atoms with Crippen molar-refractivity contribution in [2.45, 2.75) is 19.8 Å². The topological polar surface area (TPSA) is 77.3 Å². The summed E-state index contributed by atoms with van der Waals surface area (Å²) < 4.78 is 5.62. The van der Waals surface area contributed by atoms with Crippen LogP contribution in [0.3, 0.4) is 0 Å². The van der Waals surface area contributed by atoms with E-state index in [0.717, 1.165) is 12.8 Å². The van der Waals surface area contributed by atoms with E-state index in [0.29, 0.717) is 24.3 Å². The molecule has 1 aromatic rings. The molecule has 1 heterocycles. The van der Waals surface area contributed by atoms with E-state index in [1.165, 1.54) is 6.07 Å². The van der Waals surface area contributed by atoms with Crippen LogP contribution in [0.25, 0.3) is 0 Å². The number of nitrogens with zero attached hydrogens (tertiary/aromatic N) is 2. The van der Waals surface area contributed by atoms with Gasteiger partial charge in [-0.3, -0.25) is 10.1 Å². The van der Waals surface area contributed by atoms with Gasteiger partial charge in [0.2, 0.25) is 0 Å². The van der Waals surface area contributed by atoms with Gasteiger partial charge in [0.1, 0.15) is 5.82 Å². The lowest BCUT2D eigenvalue weighted by Gasteiger charge is -2.24. The normalized spacial score (nSPS) is 21.5. The zero-order chi connectivity index (χ0) is 14.5. The number of allylic oxidation sites excluding steroid dienone is 2. The minimum atomic E-state index is -0.466. The zero-order valence-corrected chi connectivity index (χ0v) is 11.7. The van der Waals surface area contributed by atoms with E-state index in [4.69, 9.17) is 4.74 Å². The number of hydrogen-bond donors (Lipinski definition) is 1. The summed E-state index contributed by atoms with van der Waals surface area (Å²) in [5.74, 6) is 1.54. The Bertz CT molecular complexity index is 516. The molecule has 6 nitrogen and oxygen atoms in total. The maximum absolute atomic E-state index is 11.0. The van der Waals surface area contributed by atoms with Crippen molar-refractivity contribution in [3.05, 3.63) is 34.4 Å². The number of ether oxygens (including phenoxy) is 1. The van der Waals surface area contributed by atoms with Gasteiger partial charge in [0, 0.05) is 13.1 Å². The molecule has 1 N–H and O–H groups in total. The number of anilines is 1. The number of rotatable bonds is 5. The minimum absolute atomic E-state index is 0.0867. The van der Waals surface area contributed by atoms with Gasteiger partial charge in [-0.05, 0) is 30.7 Å². The quantitative estimate of drug-likeness (QED) is 0.508. The van der Waals surface area contributed by atoms with E-state index in [1.54, 1.807) is 13.1 Å². The largest absolute Gasteiger partial charge is 0.472 e. The molecule has 0 fully saturated rings. The summed E-state index contributed by atoms with van der Waals surface area (Å²) in [5.41, 5.74) is -0.0944. The summed E-state index contributed by atoms with van der Waals surface area (Å²) in [4.78, 5) is 14.7. The van der Waals surface area contributed by atoms with Crippen LogP contribution in [0.15, 0.2) is 24.3 Å². The monoisotopic (exact) mass is 277 g/mol. The highest BCUT2D eigenvalue weighted by molar-refractivity contribution is 5.48. The van der Waals surface area contributed by atoms with Gasteiger partial charge in [0.15, 0.2) is 0 Å². The fraction of sp³-hybridized carbons (Fsp3) is 0.500. The Morgan fingerprint density at radius 3 is 2.85 bits per heavy atom. The van der Waals surface area contributed by atoms with E-state index >= 15 is 0 Å².